The van der Waals surface area contributed by atoms with E-state index >= 15 is 0 Å². The van der Waals surface area contributed by atoms with Crippen molar-refractivity contribution in [2.75, 3.05) is 11.9 Å². The SMILES string of the molecule is O=C1CN(C(=O)Cc2ccc(F)cc2)C(c2cccs2)c2cc(Br)ccc2N1. The van der Waals surface area contributed by atoms with Gasteiger partial charge in [-0.1, -0.05) is 34.1 Å². The van der Waals surface area contributed by atoms with Gasteiger partial charge in [-0.05, 0) is 47.3 Å². The van der Waals surface area contributed by atoms with Crippen molar-refractivity contribution in [1.29, 1.82) is 0 Å². The monoisotopic (exact) mass is 458 g/mol. The molecule has 142 valence electrons. The molecule has 2 heterocycles. The van der Waals surface area contributed by atoms with E-state index in [1.807, 2.05) is 35.7 Å². The Kier molecular flexibility index (Phi) is 5.28. The number of amides is 2. The first-order chi connectivity index (χ1) is 13.5. The van der Waals surface area contributed by atoms with E-state index in [0.717, 1.165) is 14.9 Å². The fourth-order valence-corrected chi connectivity index (χ4v) is 4.57. The average Bonchev–Trinajstić information content (AvgIpc) is 3.14. The number of nitrogens with zero attached hydrogens (tertiary/aromatic N) is 1. The number of nitrogens with one attached hydrogen (secondary N) is 1. The third-order valence-electron chi connectivity index (χ3n) is 4.61. The van der Waals surface area contributed by atoms with Crippen LogP contribution in [0.15, 0.2) is 64.5 Å². The van der Waals surface area contributed by atoms with Gasteiger partial charge in [0.05, 0.1) is 12.5 Å². The molecule has 1 aliphatic heterocycles. The molecule has 1 atom stereocenters. The molecule has 0 spiro atoms. The number of rotatable bonds is 3. The summed E-state index contributed by atoms with van der Waals surface area (Å²) in [5.74, 6) is -0.774. The second-order valence-electron chi connectivity index (χ2n) is 6.52. The lowest BCUT2D eigenvalue weighted by molar-refractivity contribution is -0.135. The van der Waals surface area contributed by atoms with Gasteiger partial charge in [0.1, 0.15) is 12.4 Å². The molecule has 0 radical (unpaired) electrons. The largest absolute Gasteiger partial charge is 0.324 e. The Morgan fingerprint density at radius 1 is 1.21 bits per heavy atom. The minimum absolute atomic E-state index is 0.0467. The summed E-state index contributed by atoms with van der Waals surface area (Å²) in [6.45, 7) is -0.0467. The second kappa shape index (κ2) is 7.85. The molecule has 4 nitrogen and oxygen atoms in total. The van der Waals surface area contributed by atoms with Crippen molar-refractivity contribution in [3.63, 3.8) is 0 Å². The maximum atomic E-state index is 13.2. The zero-order chi connectivity index (χ0) is 19.7. The van der Waals surface area contributed by atoms with Gasteiger partial charge in [0, 0.05) is 20.6 Å². The van der Waals surface area contributed by atoms with Gasteiger partial charge in [-0.3, -0.25) is 9.59 Å². The van der Waals surface area contributed by atoms with Crippen molar-refractivity contribution in [1.82, 2.24) is 4.90 Å². The maximum absolute atomic E-state index is 13.2. The molecule has 1 aromatic heterocycles. The number of halogens is 2. The fourth-order valence-electron chi connectivity index (χ4n) is 3.34. The predicted molar refractivity (Wildman–Crippen MR) is 111 cm³/mol. The average molecular weight is 459 g/mol. The van der Waals surface area contributed by atoms with Crippen LogP contribution in [0.1, 0.15) is 22.0 Å². The van der Waals surface area contributed by atoms with Gasteiger partial charge in [-0.2, -0.15) is 0 Å². The standard InChI is InChI=1S/C21H16BrFN2O2S/c22-14-5-8-17-16(11-14)21(18-2-1-9-28-18)25(12-19(26)24-17)20(27)10-13-3-6-15(23)7-4-13/h1-9,11,21H,10,12H2,(H,24,26). The number of carbonyl (C=O) groups excluding carboxylic acids is 2. The molecule has 3 aromatic rings. The zero-order valence-corrected chi connectivity index (χ0v) is 17.1. The zero-order valence-electron chi connectivity index (χ0n) is 14.7. The highest BCUT2D eigenvalue weighted by molar-refractivity contribution is 9.10. The van der Waals surface area contributed by atoms with Crippen LogP contribution in [0.4, 0.5) is 10.1 Å². The van der Waals surface area contributed by atoms with Crippen LogP contribution < -0.4 is 5.32 Å². The van der Waals surface area contributed by atoms with Crippen LogP contribution in [0.2, 0.25) is 0 Å². The number of fused-ring (bicyclic) bond motifs is 1. The molecule has 1 aliphatic rings. The summed E-state index contributed by atoms with van der Waals surface area (Å²) in [4.78, 5) is 28.3. The lowest BCUT2D eigenvalue weighted by Gasteiger charge is -2.29. The van der Waals surface area contributed by atoms with E-state index in [9.17, 15) is 14.0 Å². The van der Waals surface area contributed by atoms with E-state index in [0.29, 0.717) is 11.3 Å². The van der Waals surface area contributed by atoms with E-state index in [1.165, 1.54) is 12.1 Å². The van der Waals surface area contributed by atoms with Gasteiger partial charge >= 0.3 is 0 Å². The lowest BCUT2D eigenvalue weighted by Crippen LogP contribution is -2.39. The van der Waals surface area contributed by atoms with Gasteiger partial charge in [-0.25, -0.2) is 4.39 Å². The van der Waals surface area contributed by atoms with E-state index in [-0.39, 0.29) is 36.6 Å². The van der Waals surface area contributed by atoms with Crippen molar-refractivity contribution in [2.24, 2.45) is 0 Å². The molecule has 1 N–H and O–H groups in total. The quantitative estimate of drug-likeness (QED) is 0.614. The van der Waals surface area contributed by atoms with Crippen LogP contribution in [0.25, 0.3) is 0 Å². The highest BCUT2D eigenvalue weighted by atomic mass is 79.9. The third kappa shape index (κ3) is 3.86. The fraction of sp³-hybridized carbons (Fsp3) is 0.143. The van der Waals surface area contributed by atoms with E-state index in [4.69, 9.17) is 0 Å². The van der Waals surface area contributed by atoms with Gasteiger partial charge in [-0.15, -0.1) is 11.3 Å². The van der Waals surface area contributed by atoms with Gasteiger partial charge in [0.15, 0.2) is 0 Å². The molecular formula is C21H16BrFN2O2S. The predicted octanol–water partition coefficient (Wildman–Crippen LogP) is 4.76. The van der Waals surface area contributed by atoms with E-state index in [1.54, 1.807) is 28.4 Å². The first-order valence-electron chi connectivity index (χ1n) is 8.68. The number of thiophene rings is 1. The van der Waals surface area contributed by atoms with Crippen molar-refractivity contribution in [3.05, 3.63) is 86.3 Å². The number of hydrogen-bond donors (Lipinski definition) is 1. The Morgan fingerprint density at radius 3 is 2.71 bits per heavy atom. The first-order valence-corrected chi connectivity index (χ1v) is 10.3. The first kappa shape index (κ1) is 18.8. The van der Waals surface area contributed by atoms with Gasteiger partial charge in [0.2, 0.25) is 11.8 Å². The van der Waals surface area contributed by atoms with Crippen molar-refractivity contribution in [2.45, 2.75) is 12.5 Å². The summed E-state index contributed by atoms with van der Waals surface area (Å²) in [6.07, 6.45) is 0.0960. The molecule has 0 fully saturated rings. The van der Waals surface area contributed by atoms with Crippen LogP contribution in [0.5, 0.6) is 0 Å². The number of benzene rings is 2. The van der Waals surface area contributed by atoms with Crippen molar-refractivity contribution in [3.8, 4) is 0 Å². The molecule has 1 unspecified atom stereocenters. The summed E-state index contributed by atoms with van der Waals surface area (Å²) in [7, 11) is 0. The summed E-state index contributed by atoms with van der Waals surface area (Å²) in [6, 6.07) is 15.0. The molecule has 4 rings (SSSR count). The topological polar surface area (TPSA) is 49.4 Å². The minimum Gasteiger partial charge on any atom is -0.324 e. The Balaban J connectivity index is 1.76. The van der Waals surface area contributed by atoms with E-state index < -0.39 is 0 Å². The Morgan fingerprint density at radius 2 is 2.00 bits per heavy atom. The molecule has 7 heteroatoms. The highest BCUT2D eigenvalue weighted by Crippen LogP contribution is 2.39. The molecule has 0 saturated heterocycles. The molecule has 28 heavy (non-hydrogen) atoms. The minimum atomic E-state index is -0.376. The highest BCUT2D eigenvalue weighted by Gasteiger charge is 2.34. The molecular weight excluding hydrogens is 443 g/mol. The Labute approximate surface area is 174 Å². The lowest BCUT2D eigenvalue weighted by atomic mass is 10.0. The van der Waals surface area contributed by atoms with E-state index in [2.05, 4.69) is 21.2 Å². The molecule has 2 aromatic carbocycles. The maximum Gasteiger partial charge on any atom is 0.244 e. The Bertz CT molecular complexity index is 1020. The molecule has 0 saturated carbocycles. The Hall–Kier alpha value is -2.51. The second-order valence-corrected chi connectivity index (χ2v) is 8.42. The molecule has 0 aliphatic carbocycles. The summed E-state index contributed by atoms with van der Waals surface area (Å²) in [5, 5.41) is 4.85. The number of anilines is 1. The van der Waals surface area contributed by atoms with Crippen molar-refractivity contribution >= 4 is 44.8 Å². The van der Waals surface area contributed by atoms with Gasteiger partial charge < -0.3 is 10.2 Å². The van der Waals surface area contributed by atoms with Crippen LogP contribution in [-0.2, 0) is 16.0 Å². The summed E-state index contributed by atoms with van der Waals surface area (Å²) >= 11 is 5.03. The van der Waals surface area contributed by atoms with Crippen molar-refractivity contribution < 1.29 is 14.0 Å². The number of carbonyl (C=O) groups is 2. The molecule has 0 bridgehead atoms. The van der Waals surface area contributed by atoms with Gasteiger partial charge in [0.25, 0.3) is 0 Å². The number of hydrogen-bond acceptors (Lipinski definition) is 3. The summed E-state index contributed by atoms with van der Waals surface area (Å²) in [5.41, 5.74) is 2.26. The normalized spacial score (nSPS) is 16.3. The molecule has 2 amide bonds. The summed E-state index contributed by atoms with van der Waals surface area (Å²) < 4.78 is 14.1. The van der Waals surface area contributed by atoms with Crippen LogP contribution >= 0.6 is 27.3 Å². The third-order valence-corrected chi connectivity index (χ3v) is 6.03. The van der Waals surface area contributed by atoms with Crippen LogP contribution in [0.3, 0.4) is 0 Å². The van der Waals surface area contributed by atoms with Crippen LogP contribution in [-0.4, -0.2) is 23.3 Å². The smallest absolute Gasteiger partial charge is 0.244 e. The van der Waals surface area contributed by atoms with Crippen LogP contribution in [0, 0.1) is 5.82 Å².